The van der Waals surface area contributed by atoms with Crippen LogP contribution in [0, 0.1) is 5.92 Å². The molecule has 208 valence electrons. The van der Waals surface area contributed by atoms with Gasteiger partial charge in [-0.15, -0.1) is 0 Å². The minimum absolute atomic E-state index is 0.0514. The molecule has 7 nitrogen and oxygen atoms in total. The number of hydrogen-bond donors (Lipinski definition) is 0. The van der Waals surface area contributed by atoms with E-state index in [2.05, 4.69) is 6.92 Å². The third-order valence-electron chi connectivity index (χ3n) is 7.41. The van der Waals surface area contributed by atoms with Crippen LogP contribution in [-0.2, 0) is 14.3 Å². The molecule has 3 atom stereocenters. The summed E-state index contributed by atoms with van der Waals surface area (Å²) in [5, 5.41) is 0. The summed E-state index contributed by atoms with van der Waals surface area (Å²) in [5.41, 5.74) is 3.62. The Balaban J connectivity index is 1.78. The summed E-state index contributed by atoms with van der Waals surface area (Å²) in [4.78, 5) is 32.3. The van der Waals surface area contributed by atoms with Crippen LogP contribution in [0.5, 0.6) is 17.2 Å². The molecule has 2 aliphatic rings. The molecule has 2 aromatic rings. The van der Waals surface area contributed by atoms with Crippen molar-refractivity contribution in [2.75, 3.05) is 20.8 Å². The molecule has 7 heteroatoms. The number of Topliss-reactive ketones (excluding diaryl/α,β-unsaturated/α-hetero) is 1. The van der Waals surface area contributed by atoms with Gasteiger partial charge in [-0.1, -0.05) is 37.6 Å². The van der Waals surface area contributed by atoms with E-state index in [0.29, 0.717) is 48.0 Å². The van der Waals surface area contributed by atoms with E-state index in [4.69, 9.17) is 23.9 Å². The van der Waals surface area contributed by atoms with E-state index in [1.54, 1.807) is 14.2 Å². The van der Waals surface area contributed by atoms with E-state index in [1.807, 2.05) is 63.2 Å². The van der Waals surface area contributed by atoms with E-state index in [0.717, 1.165) is 29.7 Å². The first kappa shape index (κ1) is 28.4. The summed E-state index contributed by atoms with van der Waals surface area (Å²) in [6, 6.07) is 13.5. The maximum absolute atomic E-state index is 14.0. The highest BCUT2D eigenvalue weighted by atomic mass is 16.5. The Morgan fingerprint density at radius 1 is 1.00 bits per heavy atom. The molecule has 39 heavy (non-hydrogen) atoms. The summed E-state index contributed by atoms with van der Waals surface area (Å²) in [6.07, 6.45) is 2.56. The number of hydrogen-bond acceptors (Lipinski definition) is 7. The molecule has 0 N–H and O–H groups in total. The molecule has 1 saturated carbocycles. The average molecular weight is 534 g/mol. The highest BCUT2D eigenvalue weighted by Crippen LogP contribution is 2.48. The van der Waals surface area contributed by atoms with Crippen molar-refractivity contribution in [3.63, 3.8) is 0 Å². The molecule has 1 heterocycles. The Bertz CT molecular complexity index is 1280. The molecule has 1 unspecified atom stereocenters. The molecule has 0 saturated heterocycles. The Labute approximate surface area is 231 Å². The number of carbonyl (C=O) groups is 2. The van der Waals surface area contributed by atoms with E-state index in [9.17, 15) is 9.59 Å². The fourth-order valence-electron chi connectivity index (χ4n) is 5.59. The Morgan fingerprint density at radius 2 is 1.74 bits per heavy atom. The van der Waals surface area contributed by atoms with Gasteiger partial charge >= 0.3 is 5.97 Å². The van der Waals surface area contributed by atoms with Crippen molar-refractivity contribution in [1.82, 2.24) is 0 Å². The monoisotopic (exact) mass is 533 g/mol. The number of carbonyl (C=O) groups excluding carboxylic acids is 2. The number of para-hydroxylation sites is 1. The first-order valence-electron chi connectivity index (χ1n) is 13.7. The quantitative estimate of drug-likeness (QED) is 0.259. The van der Waals surface area contributed by atoms with Crippen LogP contribution in [-0.4, -0.2) is 44.4 Å². The summed E-state index contributed by atoms with van der Waals surface area (Å²) >= 11 is 0. The van der Waals surface area contributed by atoms with Crippen LogP contribution in [0.4, 0.5) is 0 Å². The maximum Gasteiger partial charge on any atom is 0.336 e. The zero-order valence-electron chi connectivity index (χ0n) is 23.8. The van der Waals surface area contributed by atoms with Crippen molar-refractivity contribution in [3.8, 4) is 17.2 Å². The Morgan fingerprint density at radius 3 is 2.44 bits per heavy atom. The average Bonchev–Trinajstić information content (AvgIpc) is 2.91. The molecule has 1 fully saturated rings. The number of fused-ring (bicyclic) bond motifs is 1. The molecule has 4 rings (SSSR count). The number of allylic oxidation sites excluding steroid dienone is 1. The van der Waals surface area contributed by atoms with Gasteiger partial charge in [0.2, 0.25) is 0 Å². The van der Waals surface area contributed by atoms with Gasteiger partial charge in [0.15, 0.2) is 11.5 Å². The van der Waals surface area contributed by atoms with Gasteiger partial charge in [0.05, 0.1) is 38.4 Å². The van der Waals surface area contributed by atoms with E-state index < -0.39 is 17.8 Å². The summed E-state index contributed by atoms with van der Waals surface area (Å²) in [6.45, 7) is 8.15. The van der Waals surface area contributed by atoms with Crippen LogP contribution in [0.2, 0.25) is 0 Å². The van der Waals surface area contributed by atoms with Crippen molar-refractivity contribution < 1.29 is 28.5 Å². The maximum atomic E-state index is 14.0. The highest BCUT2D eigenvalue weighted by Gasteiger charge is 2.47. The second-order valence-corrected chi connectivity index (χ2v) is 10.4. The number of benzene rings is 2. The van der Waals surface area contributed by atoms with Crippen molar-refractivity contribution >= 4 is 17.5 Å². The van der Waals surface area contributed by atoms with Crippen LogP contribution in [0.15, 0.2) is 58.7 Å². The number of esters is 1. The Kier molecular flexibility index (Phi) is 9.10. The molecular weight excluding hydrogens is 494 g/mol. The molecule has 0 amide bonds. The minimum atomic E-state index is -0.560. The van der Waals surface area contributed by atoms with Gasteiger partial charge in [-0.3, -0.25) is 9.79 Å². The number of aliphatic imine (C=N–C) groups is 1. The van der Waals surface area contributed by atoms with Crippen LogP contribution in [0.1, 0.15) is 76.3 Å². The number of nitrogens with zero attached hydrogens (tertiary/aromatic N) is 1. The van der Waals surface area contributed by atoms with E-state index in [-0.39, 0.29) is 17.8 Å². The lowest BCUT2D eigenvalue weighted by molar-refractivity contribution is -0.143. The fourth-order valence-corrected chi connectivity index (χ4v) is 5.59. The smallest absolute Gasteiger partial charge is 0.336 e. The van der Waals surface area contributed by atoms with Gasteiger partial charge in [0.25, 0.3) is 0 Å². The van der Waals surface area contributed by atoms with Gasteiger partial charge < -0.3 is 18.9 Å². The second-order valence-electron chi connectivity index (χ2n) is 10.4. The molecule has 1 aliphatic carbocycles. The van der Waals surface area contributed by atoms with Gasteiger partial charge in [0, 0.05) is 29.3 Å². The summed E-state index contributed by atoms with van der Waals surface area (Å²) in [7, 11) is 3.20. The SMILES string of the molecule is CCCCOc1ccccc1[C@@H]1C(C(=O)OC(C)C)=C(C)N=C2C[C@@H](c3ccc(OC)c(OC)c3)CC(=O)C21. The van der Waals surface area contributed by atoms with Crippen LogP contribution in [0.25, 0.3) is 0 Å². The number of ketones is 1. The fraction of sp³-hybridized carbons (Fsp3) is 0.469. The van der Waals surface area contributed by atoms with Crippen molar-refractivity contribution in [2.24, 2.45) is 10.9 Å². The summed E-state index contributed by atoms with van der Waals surface area (Å²) < 4.78 is 22.7. The van der Waals surface area contributed by atoms with Gasteiger partial charge in [-0.25, -0.2) is 4.79 Å². The number of rotatable bonds is 10. The topological polar surface area (TPSA) is 83.4 Å². The molecule has 0 bridgehead atoms. The zero-order valence-corrected chi connectivity index (χ0v) is 23.8. The van der Waals surface area contributed by atoms with Crippen LogP contribution < -0.4 is 14.2 Å². The van der Waals surface area contributed by atoms with Crippen molar-refractivity contribution in [1.29, 1.82) is 0 Å². The summed E-state index contributed by atoms with van der Waals surface area (Å²) in [5.74, 6) is 0.430. The van der Waals surface area contributed by atoms with Gasteiger partial charge in [-0.2, -0.15) is 0 Å². The van der Waals surface area contributed by atoms with Crippen molar-refractivity contribution in [3.05, 3.63) is 64.9 Å². The molecular formula is C32H39NO6. The third kappa shape index (κ3) is 6.02. The first-order chi connectivity index (χ1) is 18.8. The number of ether oxygens (including phenoxy) is 4. The lowest BCUT2D eigenvalue weighted by Crippen LogP contribution is -2.41. The van der Waals surface area contributed by atoms with Gasteiger partial charge in [-0.05, 0) is 63.3 Å². The zero-order chi connectivity index (χ0) is 28.1. The van der Waals surface area contributed by atoms with E-state index in [1.165, 1.54) is 0 Å². The van der Waals surface area contributed by atoms with Crippen molar-refractivity contribution in [2.45, 2.75) is 71.3 Å². The third-order valence-corrected chi connectivity index (χ3v) is 7.41. The number of methoxy groups -OCH3 is 2. The highest BCUT2D eigenvalue weighted by molar-refractivity contribution is 6.12. The van der Waals surface area contributed by atoms with Crippen LogP contribution >= 0.6 is 0 Å². The first-order valence-corrected chi connectivity index (χ1v) is 13.7. The molecule has 1 aliphatic heterocycles. The Hall–Kier alpha value is -3.61. The predicted octanol–water partition coefficient (Wildman–Crippen LogP) is 6.41. The largest absolute Gasteiger partial charge is 0.493 e. The minimum Gasteiger partial charge on any atom is -0.493 e. The lowest BCUT2D eigenvalue weighted by atomic mass is 9.66. The predicted molar refractivity (Wildman–Crippen MR) is 151 cm³/mol. The number of unbranched alkanes of at least 4 members (excludes halogenated alkanes) is 1. The molecule has 0 spiro atoms. The van der Waals surface area contributed by atoms with E-state index >= 15 is 0 Å². The van der Waals surface area contributed by atoms with Gasteiger partial charge in [0.1, 0.15) is 11.5 Å². The molecule has 0 aromatic heterocycles. The normalized spacial score (nSPS) is 20.8. The lowest BCUT2D eigenvalue weighted by Gasteiger charge is -2.38. The molecule has 2 aromatic carbocycles. The second kappa shape index (κ2) is 12.5. The molecule has 0 radical (unpaired) electrons. The van der Waals surface area contributed by atoms with Crippen LogP contribution in [0.3, 0.4) is 0 Å². The standard InChI is InChI=1S/C32H39NO6/c1-7-8-15-38-26-12-10-9-11-23(26)30-29(32(35)39-19(2)3)20(4)33-24-16-22(17-25(34)31(24)30)21-13-14-27(36-5)28(18-21)37-6/h9-14,18-19,22,30-31H,7-8,15-17H2,1-6H3/t22-,30-,31?/m1/s1.